The number of rotatable bonds is 7. The minimum atomic E-state index is -1.04. The maximum atomic E-state index is 11.7. The lowest BCUT2D eigenvalue weighted by Gasteiger charge is -2.16. The van der Waals surface area contributed by atoms with E-state index in [4.69, 9.17) is 14.2 Å². The molecule has 1 aromatic rings. The summed E-state index contributed by atoms with van der Waals surface area (Å²) in [6.07, 6.45) is 0.107. The fourth-order valence-corrected chi connectivity index (χ4v) is 1.71. The normalized spacial score (nSPS) is 11.2. The van der Waals surface area contributed by atoms with Crippen LogP contribution in [-0.4, -0.2) is 39.4 Å². The van der Waals surface area contributed by atoms with Crippen LogP contribution in [-0.2, 0) is 25.5 Å². The van der Waals surface area contributed by atoms with E-state index in [-0.39, 0.29) is 6.42 Å². The van der Waals surface area contributed by atoms with E-state index in [1.165, 1.54) is 21.3 Å². The third-order valence-corrected chi connectivity index (χ3v) is 2.76. The summed E-state index contributed by atoms with van der Waals surface area (Å²) in [5.74, 6) is -0.238. The predicted molar refractivity (Wildman–Crippen MR) is 75.3 cm³/mol. The van der Waals surface area contributed by atoms with Gasteiger partial charge in [-0.1, -0.05) is 12.6 Å². The van der Waals surface area contributed by atoms with E-state index in [0.717, 1.165) is 11.6 Å². The minimum Gasteiger partial charge on any atom is -0.493 e. The Morgan fingerprint density at radius 1 is 1.19 bits per heavy atom. The summed E-state index contributed by atoms with van der Waals surface area (Å²) < 4.78 is 19.9. The summed E-state index contributed by atoms with van der Waals surface area (Å²) in [4.78, 5) is 22.9. The molecule has 0 radical (unpaired) electrons. The molecule has 0 N–H and O–H groups in total. The number of methoxy groups -OCH3 is 3. The van der Waals surface area contributed by atoms with E-state index in [9.17, 15) is 9.59 Å². The Morgan fingerprint density at radius 3 is 2.38 bits per heavy atom. The molecule has 0 unspecified atom stereocenters. The first-order valence-corrected chi connectivity index (χ1v) is 6.17. The molecule has 0 aliphatic heterocycles. The highest BCUT2D eigenvalue weighted by Gasteiger charge is 2.23. The first kappa shape index (κ1) is 16.6. The molecule has 0 saturated carbocycles. The van der Waals surface area contributed by atoms with Gasteiger partial charge in [0.1, 0.15) is 0 Å². The molecule has 0 spiro atoms. The lowest BCUT2D eigenvalue weighted by atomic mass is 10.1. The Kier molecular flexibility index (Phi) is 6.26. The monoisotopic (exact) mass is 294 g/mol. The summed E-state index contributed by atoms with van der Waals surface area (Å²) in [5.41, 5.74) is 0.736. The fourth-order valence-electron chi connectivity index (χ4n) is 1.71. The summed E-state index contributed by atoms with van der Waals surface area (Å²) in [7, 11) is 4.27. The van der Waals surface area contributed by atoms with Crippen molar-refractivity contribution >= 4 is 11.9 Å². The van der Waals surface area contributed by atoms with Crippen molar-refractivity contribution < 1.29 is 28.5 Å². The van der Waals surface area contributed by atoms with Crippen LogP contribution >= 0.6 is 0 Å². The maximum Gasteiger partial charge on any atom is 0.347 e. The summed E-state index contributed by atoms with van der Waals surface area (Å²) >= 11 is 0. The van der Waals surface area contributed by atoms with Crippen LogP contribution in [0.1, 0.15) is 5.56 Å². The van der Waals surface area contributed by atoms with Crippen molar-refractivity contribution in [2.75, 3.05) is 21.3 Å². The molecule has 1 atom stereocenters. The molecule has 0 aromatic heterocycles. The second-order valence-corrected chi connectivity index (χ2v) is 4.05. The van der Waals surface area contributed by atoms with Crippen LogP contribution in [0.15, 0.2) is 30.9 Å². The Morgan fingerprint density at radius 2 is 1.86 bits per heavy atom. The average molecular weight is 294 g/mol. The summed E-state index contributed by atoms with van der Waals surface area (Å²) in [6, 6.07) is 5.16. The molecule has 21 heavy (non-hydrogen) atoms. The van der Waals surface area contributed by atoms with Crippen LogP contribution < -0.4 is 9.47 Å². The molecule has 6 nitrogen and oxygen atoms in total. The first-order chi connectivity index (χ1) is 10.0. The maximum absolute atomic E-state index is 11.7. The van der Waals surface area contributed by atoms with E-state index in [1.807, 2.05) is 0 Å². The van der Waals surface area contributed by atoms with Gasteiger partial charge in [-0.15, -0.1) is 0 Å². The zero-order chi connectivity index (χ0) is 15.8. The van der Waals surface area contributed by atoms with Crippen molar-refractivity contribution in [2.24, 2.45) is 0 Å². The smallest absolute Gasteiger partial charge is 0.347 e. The fraction of sp³-hybridized carbons (Fsp3) is 0.333. The quantitative estimate of drug-likeness (QED) is 0.561. The van der Waals surface area contributed by atoms with Gasteiger partial charge in [-0.25, -0.2) is 9.59 Å². The average Bonchev–Trinajstić information content (AvgIpc) is 2.52. The molecule has 6 heteroatoms. The van der Waals surface area contributed by atoms with E-state index < -0.39 is 18.0 Å². The summed E-state index contributed by atoms with van der Waals surface area (Å²) in [6.45, 7) is 3.29. The van der Waals surface area contributed by atoms with Crippen LogP contribution in [0, 0.1) is 0 Å². The van der Waals surface area contributed by atoms with Crippen LogP contribution in [0.4, 0.5) is 0 Å². The molecule has 0 saturated heterocycles. The zero-order valence-electron chi connectivity index (χ0n) is 12.3. The lowest BCUT2D eigenvalue weighted by molar-refractivity contribution is -0.162. The lowest BCUT2D eigenvalue weighted by Crippen LogP contribution is -2.30. The van der Waals surface area contributed by atoms with E-state index in [1.54, 1.807) is 18.2 Å². The van der Waals surface area contributed by atoms with Gasteiger partial charge in [0.05, 0.1) is 21.3 Å². The second-order valence-electron chi connectivity index (χ2n) is 4.05. The van der Waals surface area contributed by atoms with Crippen molar-refractivity contribution in [1.29, 1.82) is 0 Å². The molecule has 0 aliphatic rings. The minimum absolute atomic E-state index is 0.159. The summed E-state index contributed by atoms with van der Waals surface area (Å²) in [5, 5.41) is 0. The van der Waals surface area contributed by atoms with Gasteiger partial charge in [-0.3, -0.25) is 0 Å². The second kappa shape index (κ2) is 7.94. The molecule has 0 bridgehead atoms. The molecular weight excluding hydrogens is 276 g/mol. The van der Waals surface area contributed by atoms with Gasteiger partial charge < -0.3 is 18.9 Å². The van der Waals surface area contributed by atoms with Gasteiger partial charge in [-0.2, -0.15) is 0 Å². The first-order valence-electron chi connectivity index (χ1n) is 6.17. The van der Waals surface area contributed by atoms with Crippen LogP contribution in [0.25, 0.3) is 0 Å². The van der Waals surface area contributed by atoms with Crippen LogP contribution in [0.5, 0.6) is 11.5 Å². The topological polar surface area (TPSA) is 71.1 Å². The molecule has 0 amide bonds. The number of carbonyl (C=O) groups is 2. The van der Waals surface area contributed by atoms with Gasteiger partial charge >= 0.3 is 11.9 Å². The van der Waals surface area contributed by atoms with E-state index in [2.05, 4.69) is 11.3 Å². The van der Waals surface area contributed by atoms with Gasteiger partial charge in [0, 0.05) is 12.5 Å². The van der Waals surface area contributed by atoms with Crippen LogP contribution in [0.3, 0.4) is 0 Å². The Labute approximate surface area is 123 Å². The highest BCUT2D eigenvalue weighted by molar-refractivity contribution is 5.85. The third-order valence-electron chi connectivity index (χ3n) is 2.76. The molecule has 0 aliphatic carbocycles. The van der Waals surface area contributed by atoms with Gasteiger partial charge in [-0.05, 0) is 17.7 Å². The largest absolute Gasteiger partial charge is 0.493 e. The SMILES string of the molecule is C=CC(=O)O[C@H](Cc1ccc(OC)c(OC)c1)C(=O)OC. The molecule has 1 rings (SSSR count). The number of benzene rings is 1. The van der Waals surface area contributed by atoms with Crippen molar-refractivity contribution in [3.05, 3.63) is 36.4 Å². The number of ether oxygens (including phenoxy) is 4. The van der Waals surface area contributed by atoms with Gasteiger partial charge in [0.2, 0.25) is 6.10 Å². The third kappa shape index (κ3) is 4.52. The highest BCUT2D eigenvalue weighted by atomic mass is 16.6. The Bertz CT molecular complexity index is 523. The van der Waals surface area contributed by atoms with Gasteiger partial charge in [0.15, 0.2) is 11.5 Å². The van der Waals surface area contributed by atoms with Crippen molar-refractivity contribution in [3.63, 3.8) is 0 Å². The number of esters is 2. The van der Waals surface area contributed by atoms with Crippen LogP contribution in [0.2, 0.25) is 0 Å². The van der Waals surface area contributed by atoms with Gasteiger partial charge in [0.25, 0.3) is 0 Å². The molecule has 0 fully saturated rings. The number of carbonyl (C=O) groups excluding carboxylic acids is 2. The van der Waals surface area contributed by atoms with Crippen molar-refractivity contribution in [1.82, 2.24) is 0 Å². The van der Waals surface area contributed by atoms with E-state index >= 15 is 0 Å². The molecule has 114 valence electrons. The number of hydrogen-bond donors (Lipinski definition) is 0. The van der Waals surface area contributed by atoms with Crippen molar-refractivity contribution in [2.45, 2.75) is 12.5 Å². The predicted octanol–water partition coefficient (Wildman–Crippen LogP) is 1.52. The molecule has 1 aromatic carbocycles. The van der Waals surface area contributed by atoms with E-state index in [0.29, 0.717) is 11.5 Å². The highest BCUT2D eigenvalue weighted by Crippen LogP contribution is 2.28. The standard InChI is InChI=1S/C15H18O6/c1-5-14(16)21-13(15(17)20-4)9-10-6-7-11(18-2)12(8-10)19-3/h5-8,13H,1,9H2,2-4H3/t13-/m1/s1. The molecular formula is C15H18O6. The zero-order valence-corrected chi connectivity index (χ0v) is 12.3. The number of hydrogen-bond acceptors (Lipinski definition) is 6. The molecule has 0 heterocycles. The van der Waals surface area contributed by atoms with Crippen molar-refractivity contribution in [3.8, 4) is 11.5 Å². The Balaban J connectivity index is 2.94. The Hall–Kier alpha value is -2.50.